The number of hydrogen-bond donors (Lipinski definition) is 3. The van der Waals surface area contributed by atoms with Crippen molar-refractivity contribution in [1.29, 1.82) is 0 Å². The number of aliphatic hydroxyl groups excluding tert-OH is 1. The molecule has 0 spiro atoms. The van der Waals surface area contributed by atoms with Gasteiger partial charge in [-0.2, -0.15) is 0 Å². The molecule has 3 amide bonds. The second-order valence-electron chi connectivity index (χ2n) is 11.0. The first-order chi connectivity index (χ1) is 20.1. The Morgan fingerprint density at radius 2 is 1.90 bits per heavy atom. The molecule has 0 saturated heterocycles. The molecule has 2 aromatic carbocycles. The van der Waals surface area contributed by atoms with Crippen molar-refractivity contribution in [1.82, 2.24) is 15.0 Å². The van der Waals surface area contributed by atoms with Gasteiger partial charge in [0.25, 0.3) is 5.91 Å². The molecule has 0 radical (unpaired) electrons. The van der Waals surface area contributed by atoms with Gasteiger partial charge < -0.3 is 39.4 Å². The summed E-state index contributed by atoms with van der Waals surface area (Å²) >= 11 is 0. The molecule has 3 heterocycles. The number of nitrogens with zero attached hydrogens (tertiary/aromatic N) is 3. The van der Waals surface area contributed by atoms with Crippen molar-refractivity contribution in [2.24, 2.45) is 5.92 Å². The summed E-state index contributed by atoms with van der Waals surface area (Å²) in [7, 11) is 2.02. The van der Waals surface area contributed by atoms with Crippen molar-refractivity contribution in [2.45, 2.75) is 46.4 Å². The lowest BCUT2D eigenvalue weighted by atomic mass is 9.99. The predicted octanol–water partition coefficient (Wildman–Crippen LogP) is 4.02. The molecule has 3 aromatic rings. The Morgan fingerprint density at radius 1 is 1.14 bits per heavy atom. The van der Waals surface area contributed by atoms with E-state index >= 15 is 0 Å². The van der Waals surface area contributed by atoms with Crippen molar-refractivity contribution < 1.29 is 33.4 Å². The minimum atomic E-state index is -0.499. The van der Waals surface area contributed by atoms with Gasteiger partial charge in [-0.05, 0) is 63.7 Å². The topological polar surface area (TPSA) is 139 Å². The molecule has 0 aliphatic carbocycles. The molecule has 0 saturated carbocycles. The van der Waals surface area contributed by atoms with Gasteiger partial charge in [0.2, 0.25) is 6.79 Å². The van der Waals surface area contributed by atoms with E-state index in [4.69, 9.17) is 18.7 Å². The van der Waals surface area contributed by atoms with Crippen LogP contribution in [0.2, 0.25) is 0 Å². The van der Waals surface area contributed by atoms with Crippen LogP contribution < -0.4 is 24.8 Å². The normalized spacial score (nSPS) is 18.6. The molecular formula is C30H37N5O7. The fourth-order valence-electron chi connectivity index (χ4n) is 5.18. The van der Waals surface area contributed by atoms with Crippen molar-refractivity contribution in [3.8, 4) is 17.2 Å². The molecule has 1 aromatic heterocycles. The number of hydrogen-bond acceptors (Lipinski definition) is 9. The summed E-state index contributed by atoms with van der Waals surface area (Å²) in [6.07, 6.45) is -0.258. The molecule has 224 valence electrons. The monoisotopic (exact) mass is 579 g/mol. The maximum atomic E-state index is 13.7. The van der Waals surface area contributed by atoms with Crippen LogP contribution in [0.4, 0.5) is 16.2 Å². The lowest BCUT2D eigenvalue weighted by molar-refractivity contribution is 0.0341. The number of aromatic nitrogens is 1. The molecule has 3 atom stereocenters. The van der Waals surface area contributed by atoms with Crippen molar-refractivity contribution in [2.75, 3.05) is 44.2 Å². The van der Waals surface area contributed by atoms with Gasteiger partial charge in [-0.15, -0.1) is 0 Å². The Balaban J connectivity index is 1.35. The summed E-state index contributed by atoms with van der Waals surface area (Å²) in [5, 5.41) is 19.3. The van der Waals surface area contributed by atoms with E-state index in [0.29, 0.717) is 53.8 Å². The number of anilines is 2. The number of fused-ring (bicyclic) bond motifs is 2. The van der Waals surface area contributed by atoms with Crippen LogP contribution in [0.15, 0.2) is 40.9 Å². The molecule has 0 fully saturated rings. The fraction of sp³-hybridized carbons (Fsp3) is 0.433. The zero-order valence-corrected chi connectivity index (χ0v) is 24.5. The van der Waals surface area contributed by atoms with E-state index in [9.17, 15) is 14.7 Å². The molecule has 12 heteroatoms. The van der Waals surface area contributed by atoms with Gasteiger partial charge in [-0.25, -0.2) is 4.79 Å². The molecular weight excluding hydrogens is 542 g/mol. The van der Waals surface area contributed by atoms with Gasteiger partial charge in [0.15, 0.2) is 17.3 Å². The number of aliphatic hydroxyl groups is 1. The number of rotatable bonds is 8. The van der Waals surface area contributed by atoms with Crippen molar-refractivity contribution in [3.05, 3.63) is 59.0 Å². The predicted molar refractivity (Wildman–Crippen MR) is 155 cm³/mol. The Kier molecular flexibility index (Phi) is 8.55. The minimum Gasteiger partial charge on any atom is -0.488 e. The highest BCUT2D eigenvalue weighted by atomic mass is 16.7. The zero-order chi connectivity index (χ0) is 30.0. The lowest BCUT2D eigenvalue weighted by Gasteiger charge is -2.38. The summed E-state index contributed by atoms with van der Waals surface area (Å²) < 4.78 is 22.5. The number of carbonyl (C=O) groups is 2. The zero-order valence-electron chi connectivity index (χ0n) is 24.5. The summed E-state index contributed by atoms with van der Waals surface area (Å²) in [5.74, 6) is 2.07. The number of urea groups is 1. The molecule has 0 bridgehead atoms. The highest BCUT2D eigenvalue weighted by Gasteiger charge is 2.33. The summed E-state index contributed by atoms with van der Waals surface area (Å²) in [6.45, 7) is 8.99. The number of ether oxygens (including phenoxy) is 3. The van der Waals surface area contributed by atoms with Gasteiger partial charge in [0.05, 0.1) is 18.2 Å². The van der Waals surface area contributed by atoms with Crippen LogP contribution >= 0.6 is 0 Å². The van der Waals surface area contributed by atoms with Crippen LogP contribution in [0.5, 0.6) is 17.2 Å². The van der Waals surface area contributed by atoms with Crippen LogP contribution in [-0.2, 0) is 6.54 Å². The molecule has 5 rings (SSSR count). The van der Waals surface area contributed by atoms with E-state index in [1.54, 1.807) is 36.9 Å². The van der Waals surface area contributed by atoms with Gasteiger partial charge in [0, 0.05) is 31.2 Å². The van der Waals surface area contributed by atoms with Crippen molar-refractivity contribution in [3.63, 3.8) is 0 Å². The first kappa shape index (κ1) is 29.2. The molecule has 2 aliphatic rings. The van der Waals surface area contributed by atoms with E-state index < -0.39 is 12.1 Å². The lowest BCUT2D eigenvalue weighted by Crippen LogP contribution is -2.49. The standard InChI is InChI=1S/C30H37N5O7/c1-17-12-35(18(2)15-36)29(37)23-11-22(31-30(38)32-28-19(3)33-42-20(28)4)7-9-24(23)41-27(17)14-34(5)13-21-6-8-25-26(10-21)40-16-39-25/h6-11,17-18,27,36H,12-16H2,1-5H3,(H2,31,32,38)/t17-,18+,27-/m0/s1. The SMILES string of the molecule is Cc1noc(C)c1NC(=O)Nc1ccc2c(c1)C(=O)N([C@H](C)CO)C[C@H](C)[C@H](CN(C)Cc1ccc3c(c1)OCO3)O2. The number of likely N-dealkylation sites (N-methyl/N-ethyl adjacent to an activating group) is 1. The van der Waals surface area contributed by atoms with Crippen LogP contribution in [-0.4, -0.2) is 77.7 Å². The molecule has 12 nitrogen and oxygen atoms in total. The molecule has 2 aliphatic heterocycles. The Bertz CT molecular complexity index is 1440. The van der Waals surface area contributed by atoms with E-state index in [0.717, 1.165) is 17.1 Å². The summed E-state index contributed by atoms with van der Waals surface area (Å²) in [6, 6.07) is 10.00. The van der Waals surface area contributed by atoms with Crippen LogP contribution in [0, 0.1) is 19.8 Å². The second-order valence-corrected chi connectivity index (χ2v) is 11.0. The largest absolute Gasteiger partial charge is 0.488 e. The van der Waals surface area contributed by atoms with Crippen LogP contribution in [0.1, 0.15) is 41.2 Å². The Morgan fingerprint density at radius 3 is 2.64 bits per heavy atom. The molecule has 0 unspecified atom stereocenters. The average Bonchev–Trinajstić information content (AvgIpc) is 3.56. The quantitative estimate of drug-likeness (QED) is 0.361. The number of benzene rings is 2. The number of carbonyl (C=O) groups excluding carboxylic acids is 2. The van der Waals surface area contributed by atoms with Crippen LogP contribution in [0.3, 0.4) is 0 Å². The third-order valence-corrected chi connectivity index (χ3v) is 7.58. The van der Waals surface area contributed by atoms with E-state index in [2.05, 4.69) is 20.7 Å². The maximum Gasteiger partial charge on any atom is 0.323 e. The summed E-state index contributed by atoms with van der Waals surface area (Å²) in [4.78, 5) is 30.3. The number of amides is 3. The maximum absolute atomic E-state index is 13.7. The number of aryl methyl sites for hydroxylation is 2. The van der Waals surface area contributed by atoms with Gasteiger partial charge in [-0.1, -0.05) is 18.1 Å². The van der Waals surface area contributed by atoms with Gasteiger partial charge in [0.1, 0.15) is 23.2 Å². The van der Waals surface area contributed by atoms with Gasteiger partial charge in [-0.3, -0.25) is 9.69 Å². The summed E-state index contributed by atoms with van der Waals surface area (Å²) in [5.41, 5.74) is 2.85. The third-order valence-electron chi connectivity index (χ3n) is 7.58. The molecule has 3 N–H and O–H groups in total. The smallest absolute Gasteiger partial charge is 0.323 e. The van der Waals surface area contributed by atoms with Gasteiger partial charge >= 0.3 is 6.03 Å². The Labute approximate surface area is 244 Å². The minimum absolute atomic E-state index is 0.0334. The van der Waals surface area contributed by atoms with E-state index in [-0.39, 0.29) is 31.3 Å². The van der Waals surface area contributed by atoms with E-state index in [1.807, 2.05) is 39.1 Å². The van der Waals surface area contributed by atoms with Crippen LogP contribution in [0.25, 0.3) is 0 Å². The number of nitrogens with one attached hydrogen (secondary N) is 2. The molecule has 42 heavy (non-hydrogen) atoms. The highest BCUT2D eigenvalue weighted by Crippen LogP contribution is 2.34. The Hall–Kier alpha value is -4.29. The fourth-order valence-corrected chi connectivity index (χ4v) is 5.18. The average molecular weight is 580 g/mol. The van der Waals surface area contributed by atoms with E-state index in [1.165, 1.54) is 0 Å². The highest BCUT2D eigenvalue weighted by molar-refractivity contribution is 6.03. The first-order valence-corrected chi connectivity index (χ1v) is 13.9. The van der Waals surface area contributed by atoms with Crippen molar-refractivity contribution >= 4 is 23.3 Å². The third kappa shape index (κ3) is 6.29. The first-order valence-electron chi connectivity index (χ1n) is 13.9. The second kappa shape index (κ2) is 12.3.